The van der Waals surface area contributed by atoms with Crippen LogP contribution in [0.25, 0.3) is 0 Å². The highest BCUT2D eigenvalue weighted by atomic mass is 127. The first-order valence-electron chi connectivity index (χ1n) is 4.62. The van der Waals surface area contributed by atoms with Crippen molar-refractivity contribution in [3.05, 3.63) is 37.5 Å². The van der Waals surface area contributed by atoms with Gasteiger partial charge in [-0.15, -0.1) is 10.2 Å². The van der Waals surface area contributed by atoms with Gasteiger partial charge in [-0.3, -0.25) is 0 Å². The van der Waals surface area contributed by atoms with Gasteiger partial charge in [-0.25, -0.2) is 4.68 Å². The molecule has 0 amide bonds. The van der Waals surface area contributed by atoms with E-state index in [1.807, 2.05) is 6.07 Å². The first kappa shape index (κ1) is 12.7. The Morgan fingerprint density at radius 2 is 2.00 bits per heavy atom. The third kappa shape index (κ3) is 3.15. The van der Waals surface area contributed by atoms with Crippen LogP contribution < -0.4 is 4.74 Å². The zero-order valence-corrected chi connectivity index (χ0v) is 13.2. The Bertz CT molecular complexity index is 539. The molecule has 0 bridgehead atoms. The van der Waals surface area contributed by atoms with Crippen molar-refractivity contribution in [2.45, 2.75) is 0 Å². The molecule has 0 fully saturated rings. The fourth-order valence-corrected chi connectivity index (χ4v) is 3.39. The molecule has 7 heteroatoms. The Morgan fingerprint density at radius 1 is 1.29 bits per heavy atom. The van der Waals surface area contributed by atoms with E-state index in [2.05, 4.69) is 66.5 Å². The van der Waals surface area contributed by atoms with Gasteiger partial charge in [-0.05, 0) is 57.3 Å². The zero-order valence-electron chi connectivity index (χ0n) is 8.84. The molecule has 0 aliphatic heterocycles. The minimum absolute atomic E-state index is 0.822. The van der Waals surface area contributed by atoms with E-state index >= 15 is 0 Å². The molecular weight excluding hydrogens is 446 g/mol. The van der Waals surface area contributed by atoms with Gasteiger partial charge in [0.25, 0.3) is 0 Å². The van der Waals surface area contributed by atoms with Crippen LogP contribution in [0.1, 0.15) is 5.56 Å². The van der Waals surface area contributed by atoms with Crippen molar-refractivity contribution in [1.29, 1.82) is 0 Å². The van der Waals surface area contributed by atoms with Gasteiger partial charge in [-0.2, -0.15) is 5.10 Å². The van der Waals surface area contributed by atoms with E-state index in [-0.39, 0.29) is 0 Å². The van der Waals surface area contributed by atoms with Crippen LogP contribution in [0.5, 0.6) is 5.75 Å². The molecule has 1 aromatic heterocycles. The van der Waals surface area contributed by atoms with Crippen LogP contribution >= 0.6 is 45.2 Å². The van der Waals surface area contributed by atoms with Gasteiger partial charge in [0.1, 0.15) is 18.4 Å². The molecule has 2 rings (SSSR count). The molecule has 17 heavy (non-hydrogen) atoms. The molecule has 1 heterocycles. The first-order chi connectivity index (χ1) is 8.20. The topological polar surface area (TPSA) is 52.3 Å². The Labute approximate surface area is 126 Å². The van der Waals surface area contributed by atoms with Gasteiger partial charge in [0.05, 0.1) is 16.9 Å². The molecule has 0 aliphatic rings. The fraction of sp³-hybridized carbons (Fsp3) is 0.100. The van der Waals surface area contributed by atoms with Crippen molar-refractivity contribution >= 4 is 51.4 Å². The molecule has 0 N–H and O–H groups in total. The lowest BCUT2D eigenvalue weighted by Crippen LogP contribution is -1.96. The normalized spacial score (nSPS) is 11.0. The van der Waals surface area contributed by atoms with Crippen molar-refractivity contribution in [3.8, 4) is 5.75 Å². The number of halogens is 2. The Morgan fingerprint density at radius 3 is 2.65 bits per heavy atom. The molecule has 5 nitrogen and oxygen atoms in total. The summed E-state index contributed by atoms with van der Waals surface area (Å²) in [4.78, 5) is 0. The quantitative estimate of drug-likeness (QED) is 0.529. The Hall–Kier alpha value is -0.710. The maximum Gasteiger partial charge on any atom is 0.141 e. The highest BCUT2D eigenvalue weighted by Crippen LogP contribution is 2.26. The van der Waals surface area contributed by atoms with Crippen molar-refractivity contribution < 1.29 is 4.74 Å². The number of benzene rings is 1. The van der Waals surface area contributed by atoms with Crippen LogP contribution in [0.4, 0.5) is 0 Å². The van der Waals surface area contributed by atoms with E-state index in [0.29, 0.717) is 0 Å². The number of aromatic nitrogens is 3. The van der Waals surface area contributed by atoms with Crippen molar-refractivity contribution in [1.82, 2.24) is 14.9 Å². The molecule has 0 saturated carbocycles. The molecule has 88 valence electrons. The molecule has 0 spiro atoms. The Balaban J connectivity index is 2.38. The van der Waals surface area contributed by atoms with E-state index in [4.69, 9.17) is 4.74 Å². The van der Waals surface area contributed by atoms with Crippen LogP contribution in [0.15, 0.2) is 29.9 Å². The molecule has 0 atom stereocenters. The minimum atomic E-state index is 0.822. The summed E-state index contributed by atoms with van der Waals surface area (Å²) < 4.78 is 9.09. The van der Waals surface area contributed by atoms with Crippen molar-refractivity contribution in [2.24, 2.45) is 5.10 Å². The number of rotatable bonds is 3. The number of hydrogen-bond acceptors (Lipinski definition) is 4. The maximum atomic E-state index is 5.36. The summed E-state index contributed by atoms with van der Waals surface area (Å²) in [5, 5.41) is 11.6. The summed E-state index contributed by atoms with van der Waals surface area (Å²) in [5.74, 6) is 0.822. The summed E-state index contributed by atoms with van der Waals surface area (Å²) in [6.45, 7) is 0. The molecular formula is C10H8I2N4O. The lowest BCUT2D eigenvalue weighted by atomic mass is 10.2. The Kier molecular flexibility index (Phi) is 4.31. The van der Waals surface area contributed by atoms with E-state index in [1.54, 1.807) is 13.3 Å². The van der Waals surface area contributed by atoms with Crippen LogP contribution in [-0.4, -0.2) is 28.2 Å². The highest BCUT2D eigenvalue weighted by molar-refractivity contribution is 14.1. The average Bonchev–Trinajstić information content (AvgIpc) is 2.78. The number of nitrogens with zero attached hydrogens (tertiary/aromatic N) is 4. The highest BCUT2D eigenvalue weighted by Gasteiger charge is 2.07. The van der Waals surface area contributed by atoms with E-state index < -0.39 is 0 Å². The second kappa shape index (κ2) is 5.76. The number of hydrogen-bond donors (Lipinski definition) is 0. The fourth-order valence-electron chi connectivity index (χ4n) is 1.28. The minimum Gasteiger partial charge on any atom is -0.495 e. The second-order valence-electron chi connectivity index (χ2n) is 3.10. The van der Waals surface area contributed by atoms with Crippen molar-refractivity contribution in [3.63, 3.8) is 0 Å². The van der Waals surface area contributed by atoms with Crippen LogP contribution in [-0.2, 0) is 0 Å². The molecule has 2 aromatic rings. The van der Waals surface area contributed by atoms with E-state index in [1.165, 1.54) is 17.3 Å². The summed E-state index contributed by atoms with van der Waals surface area (Å²) in [6.07, 6.45) is 4.79. The maximum absolute atomic E-state index is 5.36. The van der Waals surface area contributed by atoms with Crippen LogP contribution in [0.3, 0.4) is 0 Å². The van der Waals surface area contributed by atoms with Gasteiger partial charge in [0, 0.05) is 9.13 Å². The molecule has 0 saturated heterocycles. The first-order valence-corrected chi connectivity index (χ1v) is 6.78. The molecule has 0 unspecified atom stereocenters. The van der Waals surface area contributed by atoms with Gasteiger partial charge in [0.15, 0.2) is 0 Å². The number of methoxy groups -OCH3 is 1. The molecule has 0 radical (unpaired) electrons. The largest absolute Gasteiger partial charge is 0.495 e. The molecule has 1 aromatic carbocycles. The second-order valence-corrected chi connectivity index (χ2v) is 5.50. The summed E-state index contributed by atoms with van der Waals surface area (Å²) in [7, 11) is 1.65. The average molecular weight is 454 g/mol. The van der Waals surface area contributed by atoms with Gasteiger partial charge >= 0.3 is 0 Å². The predicted molar refractivity (Wildman–Crippen MR) is 81.4 cm³/mol. The summed E-state index contributed by atoms with van der Waals surface area (Å²) >= 11 is 4.51. The third-order valence-corrected chi connectivity index (χ3v) is 3.40. The van der Waals surface area contributed by atoms with E-state index in [9.17, 15) is 0 Å². The van der Waals surface area contributed by atoms with Gasteiger partial charge in [0.2, 0.25) is 0 Å². The van der Waals surface area contributed by atoms with Crippen LogP contribution in [0, 0.1) is 7.14 Å². The third-order valence-electron chi connectivity index (χ3n) is 1.98. The lowest BCUT2D eigenvalue weighted by molar-refractivity contribution is 0.411. The van der Waals surface area contributed by atoms with E-state index in [0.717, 1.165) is 18.5 Å². The number of ether oxygens (including phenoxy) is 1. The van der Waals surface area contributed by atoms with Gasteiger partial charge < -0.3 is 4.74 Å². The molecule has 0 aliphatic carbocycles. The monoisotopic (exact) mass is 454 g/mol. The summed E-state index contributed by atoms with van der Waals surface area (Å²) in [6, 6.07) is 4.06. The zero-order chi connectivity index (χ0) is 12.3. The standard InChI is InChI=1S/C10H8I2N4O/c1-17-10-7(2-8(11)3-9(10)12)4-15-16-5-13-14-6-16/h2-6H,1H3/b15-4-. The van der Waals surface area contributed by atoms with Gasteiger partial charge in [-0.1, -0.05) is 0 Å². The summed E-state index contributed by atoms with van der Waals surface area (Å²) in [5.41, 5.74) is 0.928. The van der Waals surface area contributed by atoms with Crippen molar-refractivity contribution in [2.75, 3.05) is 7.11 Å². The predicted octanol–water partition coefficient (Wildman–Crippen LogP) is 2.38. The van der Waals surface area contributed by atoms with Crippen LogP contribution in [0.2, 0.25) is 0 Å². The smallest absolute Gasteiger partial charge is 0.141 e. The SMILES string of the molecule is COc1c(I)cc(I)cc1/C=N\n1cnnc1. The lowest BCUT2D eigenvalue weighted by Gasteiger charge is -2.07.